The second kappa shape index (κ2) is 8.11. The molecule has 0 radical (unpaired) electrons. The van der Waals surface area contributed by atoms with Crippen LogP contribution in [-0.2, 0) is 4.74 Å². The molecule has 2 N–H and O–H groups in total. The van der Waals surface area contributed by atoms with Gasteiger partial charge in [0.25, 0.3) is 0 Å². The molecule has 3 aromatic rings. The maximum absolute atomic E-state index is 11.7. The van der Waals surface area contributed by atoms with E-state index in [1.54, 1.807) is 43.5 Å². The number of anilines is 4. The Morgan fingerprint density at radius 2 is 1.85 bits per heavy atom. The van der Waals surface area contributed by atoms with Gasteiger partial charge in [-0.2, -0.15) is 4.98 Å². The number of aryl methyl sites for hydroxylation is 1. The van der Waals surface area contributed by atoms with Crippen molar-refractivity contribution in [1.29, 1.82) is 0 Å². The van der Waals surface area contributed by atoms with E-state index in [1.165, 1.54) is 5.56 Å². The van der Waals surface area contributed by atoms with Crippen LogP contribution >= 0.6 is 0 Å². The molecule has 1 aromatic heterocycles. The molecule has 0 atom stereocenters. The van der Waals surface area contributed by atoms with Crippen LogP contribution < -0.4 is 10.6 Å². The molecule has 0 aliphatic rings. The molecule has 26 heavy (non-hydrogen) atoms. The zero-order valence-corrected chi connectivity index (χ0v) is 14.7. The van der Waals surface area contributed by atoms with Crippen molar-refractivity contribution in [3.05, 3.63) is 71.9 Å². The summed E-state index contributed by atoms with van der Waals surface area (Å²) in [5, 5.41) is 6.38. The van der Waals surface area contributed by atoms with Gasteiger partial charge in [0.05, 0.1) is 12.2 Å². The summed E-state index contributed by atoms with van der Waals surface area (Å²) in [5.41, 5.74) is 3.43. The normalized spacial score (nSPS) is 10.2. The molecule has 0 spiro atoms. The summed E-state index contributed by atoms with van der Waals surface area (Å²) >= 11 is 0. The Labute approximate surface area is 152 Å². The van der Waals surface area contributed by atoms with Crippen molar-refractivity contribution in [2.24, 2.45) is 0 Å². The van der Waals surface area contributed by atoms with E-state index in [0.29, 0.717) is 23.9 Å². The number of nitrogens with zero attached hydrogens (tertiary/aromatic N) is 2. The molecule has 0 amide bonds. The number of rotatable bonds is 6. The number of carbonyl (C=O) groups is 1. The van der Waals surface area contributed by atoms with Crippen molar-refractivity contribution in [2.75, 3.05) is 17.2 Å². The monoisotopic (exact) mass is 348 g/mol. The first-order valence-electron chi connectivity index (χ1n) is 8.35. The second-order valence-corrected chi connectivity index (χ2v) is 5.68. The maximum Gasteiger partial charge on any atom is 0.338 e. The largest absolute Gasteiger partial charge is 0.462 e. The summed E-state index contributed by atoms with van der Waals surface area (Å²) in [5.74, 6) is 0.822. The molecule has 1 heterocycles. The minimum absolute atomic E-state index is 0.334. The molecule has 132 valence electrons. The van der Waals surface area contributed by atoms with Crippen molar-refractivity contribution < 1.29 is 9.53 Å². The van der Waals surface area contributed by atoms with Gasteiger partial charge in [-0.15, -0.1) is 0 Å². The van der Waals surface area contributed by atoms with Crippen molar-refractivity contribution in [3.63, 3.8) is 0 Å². The Kier molecular flexibility index (Phi) is 5.43. The Morgan fingerprint density at radius 3 is 2.58 bits per heavy atom. The fraction of sp³-hybridized carbons (Fsp3) is 0.150. The van der Waals surface area contributed by atoms with Gasteiger partial charge >= 0.3 is 5.97 Å². The number of benzene rings is 2. The lowest BCUT2D eigenvalue weighted by Gasteiger charge is -2.09. The summed E-state index contributed by atoms with van der Waals surface area (Å²) in [4.78, 5) is 20.4. The van der Waals surface area contributed by atoms with E-state index < -0.39 is 0 Å². The van der Waals surface area contributed by atoms with E-state index >= 15 is 0 Å². The number of esters is 1. The van der Waals surface area contributed by atoms with Gasteiger partial charge in [0.2, 0.25) is 5.95 Å². The van der Waals surface area contributed by atoms with Crippen molar-refractivity contribution in [1.82, 2.24) is 9.97 Å². The summed E-state index contributed by atoms with van der Waals surface area (Å²) in [6.07, 6.45) is 1.68. The fourth-order valence-corrected chi connectivity index (χ4v) is 2.39. The SMILES string of the molecule is CCOC(=O)c1ccc(Nc2nccc(Nc3cccc(C)c3)n2)cc1. The van der Waals surface area contributed by atoms with Crippen molar-refractivity contribution in [2.45, 2.75) is 13.8 Å². The van der Waals surface area contributed by atoms with Crippen LogP contribution in [0.1, 0.15) is 22.8 Å². The smallest absolute Gasteiger partial charge is 0.338 e. The summed E-state index contributed by atoms with van der Waals surface area (Å²) in [6.45, 7) is 4.18. The Balaban J connectivity index is 1.69. The van der Waals surface area contributed by atoms with Crippen LogP contribution in [0.15, 0.2) is 60.8 Å². The predicted octanol–water partition coefficient (Wildman–Crippen LogP) is 4.45. The van der Waals surface area contributed by atoms with Gasteiger partial charge in [0, 0.05) is 17.6 Å². The van der Waals surface area contributed by atoms with Crippen LogP contribution in [0.3, 0.4) is 0 Å². The van der Waals surface area contributed by atoms with Crippen LogP contribution in [0.5, 0.6) is 0 Å². The molecule has 0 unspecified atom stereocenters. The van der Waals surface area contributed by atoms with E-state index in [9.17, 15) is 4.79 Å². The van der Waals surface area contributed by atoms with Crippen LogP contribution in [0.25, 0.3) is 0 Å². The number of ether oxygens (including phenoxy) is 1. The highest BCUT2D eigenvalue weighted by molar-refractivity contribution is 5.89. The number of hydrogen-bond acceptors (Lipinski definition) is 6. The molecule has 2 aromatic carbocycles. The molecule has 6 nitrogen and oxygen atoms in total. The highest BCUT2D eigenvalue weighted by atomic mass is 16.5. The third-order valence-electron chi connectivity index (χ3n) is 3.60. The predicted molar refractivity (Wildman–Crippen MR) is 102 cm³/mol. The number of aromatic nitrogens is 2. The zero-order valence-electron chi connectivity index (χ0n) is 14.7. The molecule has 0 bridgehead atoms. The minimum Gasteiger partial charge on any atom is -0.462 e. The fourth-order valence-electron chi connectivity index (χ4n) is 2.39. The topological polar surface area (TPSA) is 76.1 Å². The maximum atomic E-state index is 11.7. The van der Waals surface area contributed by atoms with E-state index in [4.69, 9.17) is 4.74 Å². The van der Waals surface area contributed by atoms with Gasteiger partial charge in [0.1, 0.15) is 5.82 Å². The lowest BCUT2D eigenvalue weighted by molar-refractivity contribution is 0.0526. The van der Waals surface area contributed by atoms with Crippen LogP contribution in [0, 0.1) is 6.92 Å². The minimum atomic E-state index is -0.334. The molecule has 6 heteroatoms. The van der Waals surface area contributed by atoms with Crippen LogP contribution in [-0.4, -0.2) is 22.5 Å². The Hall–Kier alpha value is -3.41. The standard InChI is InChI=1S/C20H20N4O2/c1-3-26-19(25)15-7-9-16(10-8-15)23-20-21-12-11-18(24-20)22-17-6-4-5-14(2)13-17/h4-13H,3H2,1-2H3,(H2,21,22,23,24). The molecule has 0 aliphatic heterocycles. The Morgan fingerprint density at radius 1 is 1.04 bits per heavy atom. The van der Waals surface area contributed by atoms with Gasteiger partial charge in [-0.3, -0.25) is 0 Å². The van der Waals surface area contributed by atoms with Crippen molar-refractivity contribution >= 4 is 29.1 Å². The number of hydrogen-bond donors (Lipinski definition) is 2. The van der Waals surface area contributed by atoms with Gasteiger partial charge in [-0.1, -0.05) is 12.1 Å². The molecule has 0 fully saturated rings. The van der Waals surface area contributed by atoms with Crippen LogP contribution in [0.2, 0.25) is 0 Å². The van der Waals surface area contributed by atoms with Gasteiger partial charge < -0.3 is 15.4 Å². The van der Waals surface area contributed by atoms with E-state index in [1.807, 2.05) is 31.2 Å². The summed E-state index contributed by atoms with van der Waals surface area (Å²) in [6, 6.07) is 16.8. The number of nitrogens with one attached hydrogen (secondary N) is 2. The van der Waals surface area contributed by atoms with E-state index in [2.05, 4.69) is 20.6 Å². The summed E-state index contributed by atoms with van der Waals surface area (Å²) < 4.78 is 4.97. The lowest BCUT2D eigenvalue weighted by Crippen LogP contribution is -2.04. The quantitative estimate of drug-likeness (QED) is 0.641. The molecule has 0 saturated carbocycles. The molecular formula is C20H20N4O2. The summed E-state index contributed by atoms with van der Waals surface area (Å²) in [7, 11) is 0. The Bertz CT molecular complexity index is 894. The van der Waals surface area contributed by atoms with Crippen LogP contribution in [0.4, 0.5) is 23.1 Å². The zero-order chi connectivity index (χ0) is 18.4. The lowest BCUT2D eigenvalue weighted by atomic mass is 10.2. The molecule has 0 aliphatic carbocycles. The molecular weight excluding hydrogens is 328 g/mol. The van der Waals surface area contributed by atoms with Gasteiger partial charge in [-0.05, 0) is 61.9 Å². The first-order chi connectivity index (χ1) is 12.6. The highest BCUT2D eigenvalue weighted by Gasteiger charge is 2.06. The molecule has 3 rings (SSSR count). The average Bonchev–Trinajstić information content (AvgIpc) is 2.63. The first kappa shape index (κ1) is 17.4. The third-order valence-corrected chi connectivity index (χ3v) is 3.60. The van der Waals surface area contributed by atoms with E-state index in [-0.39, 0.29) is 5.97 Å². The van der Waals surface area contributed by atoms with Gasteiger partial charge in [-0.25, -0.2) is 9.78 Å². The highest BCUT2D eigenvalue weighted by Crippen LogP contribution is 2.19. The molecule has 0 saturated heterocycles. The third kappa shape index (κ3) is 4.57. The first-order valence-corrected chi connectivity index (χ1v) is 8.35. The average molecular weight is 348 g/mol. The second-order valence-electron chi connectivity index (χ2n) is 5.68. The number of carbonyl (C=O) groups excluding carboxylic acids is 1. The van der Waals surface area contributed by atoms with Gasteiger partial charge in [0.15, 0.2) is 0 Å². The van der Waals surface area contributed by atoms with E-state index in [0.717, 1.165) is 11.4 Å². The van der Waals surface area contributed by atoms with Crippen molar-refractivity contribution in [3.8, 4) is 0 Å².